The Balaban J connectivity index is 1.43. The number of pyridine rings is 1. The highest BCUT2D eigenvalue weighted by molar-refractivity contribution is 7.09. The van der Waals surface area contributed by atoms with E-state index in [4.69, 9.17) is 9.47 Å². The van der Waals surface area contributed by atoms with Crippen LogP contribution in [-0.4, -0.2) is 39.4 Å². The van der Waals surface area contributed by atoms with Gasteiger partial charge in [0.2, 0.25) is 6.79 Å². The molecular weight excluding hydrogens is 400 g/mol. The summed E-state index contributed by atoms with van der Waals surface area (Å²) in [5.74, 6) is 1.38. The van der Waals surface area contributed by atoms with Crippen molar-refractivity contribution in [2.75, 3.05) is 13.8 Å². The van der Waals surface area contributed by atoms with Crippen molar-refractivity contribution in [3.63, 3.8) is 0 Å². The Bertz CT molecular complexity index is 1230. The van der Waals surface area contributed by atoms with Crippen LogP contribution in [0.5, 0.6) is 11.5 Å². The number of carbonyl (C=O) groups is 1. The molecule has 152 valence electrons. The summed E-state index contributed by atoms with van der Waals surface area (Å²) in [6.45, 7) is 3.23. The molecule has 0 bridgehead atoms. The Kier molecular flexibility index (Phi) is 4.63. The third-order valence-electron chi connectivity index (χ3n) is 5.06. The SMILES string of the molecule is Cc1cc(C(=O)N(C)Cc2ccc3c(c2)OCO3)c2cnn(Cc3cccs3)c2n1. The fraction of sp³-hybridized carbons (Fsp3) is 0.227. The summed E-state index contributed by atoms with van der Waals surface area (Å²) in [5.41, 5.74) is 3.10. The molecular formula is C22H20N4O3S. The van der Waals surface area contributed by atoms with E-state index in [1.165, 1.54) is 4.88 Å². The molecule has 0 fully saturated rings. The molecule has 4 heterocycles. The number of thiophene rings is 1. The fourth-order valence-electron chi connectivity index (χ4n) is 3.61. The summed E-state index contributed by atoms with van der Waals surface area (Å²) >= 11 is 1.68. The predicted octanol–water partition coefficient (Wildman–Crippen LogP) is 3.85. The summed E-state index contributed by atoms with van der Waals surface area (Å²) in [5, 5.41) is 7.30. The monoisotopic (exact) mass is 420 g/mol. The number of carbonyl (C=O) groups excluding carboxylic acids is 1. The van der Waals surface area contributed by atoms with Gasteiger partial charge in [0.15, 0.2) is 17.1 Å². The maximum absolute atomic E-state index is 13.3. The van der Waals surface area contributed by atoms with Gasteiger partial charge in [0.05, 0.1) is 23.7 Å². The summed E-state index contributed by atoms with van der Waals surface area (Å²) in [6, 6.07) is 11.7. The van der Waals surface area contributed by atoms with E-state index in [0.29, 0.717) is 24.4 Å². The lowest BCUT2D eigenvalue weighted by Crippen LogP contribution is -2.26. The summed E-state index contributed by atoms with van der Waals surface area (Å²) in [6.07, 6.45) is 1.73. The molecule has 0 spiro atoms. The number of ether oxygens (including phenoxy) is 2. The molecule has 1 aliphatic heterocycles. The van der Waals surface area contributed by atoms with Gasteiger partial charge >= 0.3 is 0 Å². The quantitative estimate of drug-likeness (QED) is 0.491. The fourth-order valence-corrected chi connectivity index (χ4v) is 4.29. The van der Waals surface area contributed by atoms with Crippen molar-refractivity contribution in [1.29, 1.82) is 0 Å². The number of aryl methyl sites for hydroxylation is 1. The number of fused-ring (bicyclic) bond motifs is 2. The number of benzene rings is 1. The van der Waals surface area contributed by atoms with Gasteiger partial charge in [-0.2, -0.15) is 5.10 Å². The Labute approximate surface area is 177 Å². The molecule has 0 aliphatic carbocycles. The Morgan fingerprint density at radius 3 is 2.93 bits per heavy atom. The van der Waals surface area contributed by atoms with Gasteiger partial charge in [0.25, 0.3) is 5.91 Å². The molecule has 1 aromatic carbocycles. The van der Waals surface area contributed by atoms with Crippen LogP contribution in [0.15, 0.2) is 48.0 Å². The summed E-state index contributed by atoms with van der Waals surface area (Å²) in [7, 11) is 1.80. The van der Waals surface area contributed by atoms with Crippen LogP contribution in [0.3, 0.4) is 0 Å². The maximum atomic E-state index is 13.3. The van der Waals surface area contributed by atoms with Crippen molar-refractivity contribution in [2.45, 2.75) is 20.0 Å². The number of hydrogen-bond donors (Lipinski definition) is 0. The van der Waals surface area contributed by atoms with Gasteiger partial charge in [-0.3, -0.25) is 4.79 Å². The minimum absolute atomic E-state index is 0.0705. The van der Waals surface area contributed by atoms with Crippen LogP contribution < -0.4 is 9.47 Å². The van der Waals surface area contributed by atoms with Gasteiger partial charge in [-0.1, -0.05) is 12.1 Å². The molecule has 0 radical (unpaired) electrons. The topological polar surface area (TPSA) is 69.5 Å². The van der Waals surface area contributed by atoms with Crippen LogP contribution in [0.1, 0.15) is 26.5 Å². The van der Waals surface area contributed by atoms with Crippen molar-refractivity contribution in [3.05, 3.63) is 69.7 Å². The molecule has 0 unspecified atom stereocenters. The van der Waals surface area contributed by atoms with Gasteiger partial charge in [-0.15, -0.1) is 11.3 Å². The minimum Gasteiger partial charge on any atom is -0.454 e. The highest BCUT2D eigenvalue weighted by Gasteiger charge is 2.20. The zero-order valence-corrected chi connectivity index (χ0v) is 17.5. The first-order valence-corrected chi connectivity index (χ1v) is 10.5. The standard InChI is InChI=1S/C22H20N4O3S/c1-14-8-17(18-10-23-26(21(18)24-14)12-16-4-3-7-30-16)22(27)25(2)11-15-5-6-19-20(9-15)29-13-28-19/h3-10H,11-13H2,1-2H3. The van der Waals surface area contributed by atoms with E-state index >= 15 is 0 Å². The van der Waals surface area contributed by atoms with Crippen molar-refractivity contribution in [3.8, 4) is 11.5 Å². The lowest BCUT2D eigenvalue weighted by molar-refractivity contribution is 0.0786. The summed E-state index contributed by atoms with van der Waals surface area (Å²) in [4.78, 5) is 20.8. The molecule has 8 heteroatoms. The van der Waals surface area contributed by atoms with Crippen LogP contribution in [0.25, 0.3) is 11.0 Å². The smallest absolute Gasteiger partial charge is 0.254 e. The molecule has 0 atom stereocenters. The molecule has 1 aliphatic rings. The summed E-state index contributed by atoms with van der Waals surface area (Å²) < 4.78 is 12.6. The number of rotatable bonds is 5. The number of amides is 1. The van der Waals surface area contributed by atoms with Gasteiger partial charge in [0.1, 0.15) is 0 Å². The number of nitrogens with zero attached hydrogens (tertiary/aromatic N) is 4. The number of aromatic nitrogens is 3. The van der Waals surface area contributed by atoms with E-state index in [0.717, 1.165) is 28.0 Å². The molecule has 0 saturated heterocycles. The van der Waals surface area contributed by atoms with Gasteiger partial charge < -0.3 is 14.4 Å². The molecule has 0 saturated carbocycles. The van der Waals surface area contributed by atoms with Crippen LogP contribution >= 0.6 is 11.3 Å². The zero-order chi connectivity index (χ0) is 20.7. The van der Waals surface area contributed by atoms with Crippen molar-refractivity contribution < 1.29 is 14.3 Å². The third-order valence-corrected chi connectivity index (χ3v) is 5.92. The van der Waals surface area contributed by atoms with Crippen LogP contribution in [0.2, 0.25) is 0 Å². The second kappa shape index (κ2) is 7.46. The Morgan fingerprint density at radius 2 is 2.10 bits per heavy atom. The first-order chi connectivity index (χ1) is 14.6. The second-order valence-electron chi connectivity index (χ2n) is 7.28. The van der Waals surface area contributed by atoms with E-state index in [2.05, 4.69) is 16.1 Å². The second-order valence-corrected chi connectivity index (χ2v) is 8.31. The number of hydrogen-bond acceptors (Lipinski definition) is 6. The molecule has 5 rings (SSSR count). The highest BCUT2D eigenvalue weighted by Crippen LogP contribution is 2.33. The largest absolute Gasteiger partial charge is 0.454 e. The lowest BCUT2D eigenvalue weighted by Gasteiger charge is -2.18. The average Bonchev–Trinajstić information content (AvgIpc) is 3.48. The van der Waals surface area contributed by atoms with E-state index in [-0.39, 0.29) is 12.7 Å². The molecule has 7 nitrogen and oxygen atoms in total. The molecule has 3 aromatic heterocycles. The van der Waals surface area contributed by atoms with Gasteiger partial charge in [-0.05, 0) is 42.1 Å². The van der Waals surface area contributed by atoms with Gasteiger partial charge in [-0.25, -0.2) is 9.67 Å². The first-order valence-electron chi connectivity index (χ1n) is 9.58. The third kappa shape index (κ3) is 3.39. The van der Waals surface area contributed by atoms with Crippen LogP contribution in [-0.2, 0) is 13.1 Å². The van der Waals surface area contributed by atoms with Gasteiger partial charge in [0, 0.05) is 24.2 Å². The molecule has 30 heavy (non-hydrogen) atoms. The van der Waals surface area contributed by atoms with Crippen molar-refractivity contribution in [1.82, 2.24) is 19.7 Å². The first kappa shape index (κ1) is 18.6. The maximum Gasteiger partial charge on any atom is 0.254 e. The van der Waals surface area contributed by atoms with E-state index in [1.54, 1.807) is 29.5 Å². The van der Waals surface area contributed by atoms with E-state index < -0.39 is 0 Å². The minimum atomic E-state index is -0.0705. The van der Waals surface area contributed by atoms with Crippen molar-refractivity contribution >= 4 is 28.3 Å². The van der Waals surface area contributed by atoms with E-state index in [9.17, 15) is 4.79 Å². The average molecular weight is 420 g/mol. The molecule has 4 aromatic rings. The molecule has 0 N–H and O–H groups in total. The van der Waals surface area contributed by atoms with Crippen molar-refractivity contribution in [2.24, 2.45) is 0 Å². The Morgan fingerprint density at radius 1 is 1.23 bits per heavy atom. The lowest BCUT2D eigenvalue weighted by atomic mass is 10.1. The highest BCUT2D eigenvalue weighted by atomic mass is 32.1. The predicted molar refractivity (Wildman–Crippen MR) is 114 cm³/mol. The molecule has 1 amide bonds. The van der Waals surface area contributed by atoms with E-state index in [1.807, 2.05) is 47.3 Å². The van der Waals surface area contributed by atoms with Crippen LogP contribution in [0, 0.1) is 6.92 Å². The zero-order valence-electron chi connectivity index (χ0n) is 16.7. The Hall–Kier alpha value is -3.39. The van der Waals surface area contributed by atoms with Crippen LogP contribution in [0.4, 0.5) is 0 Å². The normalized spacial score (nSPS) is 12.5.